The molecule has 6 nitrogen and oxygen atoms in total. The van der Waals surface area contributed by atoms with Gasteiger partial charge in [0.1, 0.15) is 17.2 Å². The molecule has 0 atom stereocenters. The molecule has 0 radical (unpaired) electrons. The van der Waals surface area contributed by atoms with E-state index in [-0.39, 0.29) is 5.91 Å². The van der Waals surface area contributed by atoms with Gasteiger partial charge in [0.15, 0.2) is 0 Å². The first kappa shape index (κ1) is 17.5. The number of nitrogens with zero attached hydrogens (tertiary/aromatic N) is 1. The van der Waals surface area contributed by atoms with Gasteiger partial charge in [-0.15, -0.1) is 0 Å². The van der Waals surface area contributed by atoms with Crippen molar-refractivity contribution < 1.29 is 14.3 Å². The molecule has 0 aliphatic rings. The molecule has 26 heavy (non-hydrogen) atoms. The van der Waals surface area contributed by atoms with Crippen LogP contribution in [0.3, 0.4) is 0 Å². The van der Waals surface area contributed by atoms with Crippen LogP contribution in [0.2, 0.25) is 0 Å². The number of methoxy groups -OCH3 is 1. The fraction of sp³-hybridized carbons (Fsp3) is 0.200. The van der Waals surface area contributed by atoms with Gasteiger partial charge in [-0.05, 0) is 55.0 Å². The number of aromatic nitrogens is 2. The van der Waals surface area contributed by atoms with Crippen molar-refractivity contribution in [3.8, 4) is 22.8 Å². The average molecular weight is 351 g/mol. The molecule has 0 saturated heterocycles. The van der Waals surface area contributed by atoms with Crippen LogP contribution in [0.15, 0.2) is 54.6 Å². The lowest BCUT2D eigenvalue weighted by Crippen LogP contribution is -2.23. The van der Waals surface area contributed by atoms with E-state index in [4.69, 9.17) is 9.47 Å². The number of H-pyrrole nitrogens is 1. The van der Waals surface area contributed by atoms with Crippen LogP contribution >= 0.6 is 0 Å². The highest BCUT2D eigenvalue weighted by molar-refractivity contribution is 5.93. The molecule has 2 N–H and O–H groups in total. The van der Waals surface area contributed by atoms with E-state index >= 15 is 0 Å². The van der Waals surface area contributed by atoms with E-state index in [1.807, 2.05) is 55.5 Å². The Morgan fingerprint density at radius 1 is 1.12 bits per heavy atom. The van der Waals surface area contributed by atoms with Crippen molar-refractivity contribution in [2.45, 2.75) is 13.5 Å². The fourth-order valence-corrected chi connectivity index (χ4v) is 2.54. The Labute approximate surface area is 152 Å². The minimum Gasteiger partial charge on any atom is -0.497 e. The van der Waals surface area contributed by atoms with Gasteiger partial charge in [-0.3, -0.25) is 9.89 Å². The molecule has 0 spiro atoms. The van der Waals surface area contributed by atoms with Crippen molar-refractivity contribution in [1.29, 1.82) is 0 Å². The zero-order valence-electron chi connectivity index (χ0n) is 14.8. The van der Waals surface area contributed by atoms with Crippen molar-refractivity contribution in [2.75, 3.05) is 13.7 Å². The molecular formula is C20H21N3O3. The van der Waals surface area contributed by atoms with Crippen molar-refractivity contribution in [3.05, 3.63) is 65.9 Å². The minimum absolute atomic E-state index is 0.209. The minimum atomic E-state index is -0.209. The zero-order valence-corrected chi connectivity index (χ0v) is 14.8. The van der Waals surface area contributed by atoms with E-state index < -0.39 is 0 Å². The third-order valence-corrected chi connectivity index (χ3v) is 3.87. The van der Waals surface area contributed by atoms with Crippen molar-refractivity contribution in [1.82, 2.24) is 15.5 Å². The van der Waals surface area contributed by atoms with Gasteiger partial charge in [0.25, 0.3) is 5.91 Å². The van der Waals surface area contributed by atoms with Crippen molar-refractivity contribution in [2.24, 2.45) is 0 Å². The second kappa shape index (κ2) is 8.20. The van der Waals surface area contributed by atoms with E-state index in [1.54, 1.807) is 13.2 Å². The SMILES string of the molecule is CCOc1cccc(CNC(=O)c2cc(-c3ccc(OC)cc3)n[nH]2)c1. The summed E-state index contributed by atoms with van der Waals surface area (Å²) in [4.78, 5) is 12.3. The van der Waals surface area contributed by atoms with Crippen molar-refractivity contribution >= 4 is 5.91 Å². The van der Waals surface area contributed by atoms with Crippen LogP contribution < -0.4 is 14.8 Å². The Balaban J connectivity index is 1.63. The molecule has 134 valence electrons. The highest BCUT2D eigenvalue weighted by Gasteiger charge is 2.11. The van der Waals surface area contributed by atoms with Crippen LogP contribution in [0, 0.1) is 0 Å². The van der Waals surface area contributed by atoms with Crippen LogP contribution in [0.4, 0.5) is 0 Å². The van der Waals surface area contributed by atoms with E-state index in [1.165, 1.54) is 0 Å². The Kier molecular flexibility index (Phi) is 5.53. The van der Waals surface area contributed by atoms with Gasteiger partial charge in [0, 0.05) is 12.1 Å². The summed E-state index contributed by atoms with van der Waals surface area (Å²) in [6.45, 7) is 2.96. The number of hydrogen-bond donors (Lipinski definition) is 2. The first-order valence-corrected chi connectivity index (χ1v) is 8.39. The molecule has 0 saturated carbocycles. The summed E-state index contributed by atoms with van der Waals surface area (Å²) in [5.41, 5.74) is 3.00. The van der Waals surface area contributed by atoms with Gasteiger partial charge in [-0.25, -0.2) is 0 Å². The number of benzene rings is 2. The van der Waals surface area contributed by atoms with Crippen molar-refractivity contribution in [3.63, 3.8) is 0 Å². The number of rotatable bonds is 7. The molecule has 1 amide bonds. The molecule has 3 aromatic rings. The molecule has 0 unspecified atom stereocenters. The van der Waals surface area contributed by atoms with E-state index in [0.717, 1.165) is 22.6 Å². The van der Waals surface area contributed by atoms with Gasteiger partial charge in [-0.2, -0.15) is 5.10 Å². The molecule has 0 bridgehead atoms. The second-order valence-electron chi connectivity index (χ2n) is 5.66. The standard InChI is InChI=1S/C20H21N3O3/c1-3-26-17-6-4-5-14(11-17)13-21-20(24)19-12-18(22-23-19)15-7-9-16(25-2)10-8-15/h4-12H,3,13H2,1-2H3,(H,21,24)(H,22,23). The lowest BCUT2D eigenvalue weighted by Gasteiger charge is -2.07. The summed E-state index contributed by atoms with van der Waals surface area (Å²) in [7, 11) is 1.62. The molecule has 3 rings (SSSR count). The van der Waals surface area contributed by atoms with Gasteiger partial charge in [0.2, 0.25) is 0 Å². The number of amides is 1. The lowest BCUT2D eigenvalue weighted by atomic mass is 10.1. The third-order valence-electron chi connectivity index (χ3n) is 3.87. The predicted molar refractivity (Wildman–Crippen MR) is 99.4 cm³/mol. The highest BCUT2D eigenvalue weighted by atomic mass is 16.5. The van der Waals surface area contributed by atoms with Gasteiger partial charge in [0.05, 0.1) is 19.4 Å². The Bertz CT molecular complexity index is 872. The molecular weight excluding hydrogens is 330 g/mol. The predicted octanol–water partition coefficient (Wildman–Crippen LogP) is 3.41. The van der Waals surface area contributed by atoms with Crippen LogP contribution in [0.5, 0.6) is 11.5 Å². The molecule has 2 aromatic carbocycles. The maximum atomic E-state index is 12.3. The summed E-state index contributed by atoms with van der Waals surface area (Å²) in [6, 6.07) is 16.9. The average Bonchev–Trinajstić information content (AvgIpc) is 3.17. The van der Waals surface area contributed by atoms with Crippen LogP contribution in [0.1, 0.15) is 23.0 Å². The maximum Gasteiger partial charge on any atom is 0.269 e. The maximum absolute atomic E-state index is 12.3. The lowest BCUT2D eigenvalue weighted by molar-refractivity contribution is 0.0946. The number of nitrogens with one attached hydrogen (secondary N) is 2. The molecule has 0 aliphatic heterocycles. The summed E-state index contributed by atoms with van der Waals surface area (Å²) in [5, 5.41) is 9.87. The van der Waals surface area contributed by atoms with Gasteiger partial charge < -0.3 is 14.8 Å². The monoisotopic (exact) mass is 351 g/mol. The Morgan fingerprint density at radius 3 is 2.65 bits per heavy atom. The first-order valence-electron chi connectivity index (χ1n) is 8.39. The van der Waals surface area contributed by atoms with Crippen LogP contribution in [-0.2, 0) is 6.54 Å². The molecule has 0 aliphatic carbocycles. The van der Waals surface area contributed by atoms with Crippen LogP contribution in [-0.4, -0.2) is 29.8 Å². The number of hydrogen-bond acceptors (Lipinski definition) is 4. The number of carbonyl (C=O) groups is 1. The van der Waals surface area contributed by atoms with E-state index in [2.05, 4.69) is 15.5 Å². The number of carbonyl (C=O) groups excluding carboxylic acids is 1. The summed E-state index contributed by atoms with van der Waals surface area (Å²) >= 11 is 0. The van der Waals surface area contributed by atoms with Gasteiger partial charge in [-0.1, -0.05) is 12.1 Å². The Morgan fingerprint density at radius 2 is 1.92 bits per heavy atom. The Hall–Kier alpha value is -3.28. The number of aromatic amines is 1. The quantitative estimate of drug-likeness (QED) is 0.684. The first-order chi connectivity index (χ1) is 12.7. The highest BCUT2D eigenvalue weighted by Crippen LogP contribution is 2.21. The molecule has 0 fully saturated rings. The second-order valence-corrected chi connectivity index (χ2v) is 5.66. The fourth-order valence-electron chi connectivity index (χ4n) is 2.54. The summed E-state index contributed by atoms with van der Waals surface area (Å²) in [6.07, 6.45) is 0. The third kappa shape index (κ3) is 4.22. The summed E-state index contributed by atoms with van der Waals surface area (Å²) < 4.78 is 10.6. The largest absolute Gasteiger partial charge is 0.497 e. The zero-order chi connectivity index (χ0) is 18.4. The molecule has 6 heteroatoms. The topological polar surface area (TPSA) is 76.2 Å². The number of ether oxygens (including phenoxy) is 2. The smallest absolute Gasteiger partial charge is 0.269 e. The molecule has 1 aromatic heterocycles. The van der Waals surface area contributed by atoms with E-state index in [9.17, 15) is 4.79 Å². The normalized spacial score (nSPS) is 10.4. The summed E-state index contributed by atoms with van der Waals surface area (Å²) in [5.74, 6) is 1.36. The van der Waals surface area contributed by atoms with Crippen LogP contribution in [0.25, 0.3) is 11.3 Å². The van der Waals surface area contributed by atoms with E-state index in [0.29, 0.717) is 24.5 Å². The molecule has 1 heterocycles. The van der Waals surface area contributed by atoms with Gasteiger partial charge >= 0.3 is 0 Å².